The van der Waals surface area contributed by atoms with Gasteiger partial charge in [-0.1, -0.05) is 19.9 Å². The lowest BCUT2D eigenvalue weighted by atomic mass is 10.1. The summed E-state index contributed by atoms with van der Waals surface area (Å²) in [5, 5.41) is 9.92. The van der Waals surface area contributed by atoms with Gasteiger partial charge in [-0.3, -0.25) is 4.98 Å². The number of rotatable bonds is 3. The van der Waals surface area contributed by atoms with E-state index in [2.05, 4.69) is 18.8 Å². The fraction of sp³-hybridized carbons (Fsp3) is 0.267. The van der Waals surface area contributed by atoms with Gasteiger partial charge in [0.2, 0.25) is 0 Å². The molecule has 1 heterocycles. The molecular weight excluding hydrogens is 226 g/mol. The Hall–Kier alpha value is -2.03. The molecule has 0 bridgehead atoms. The molecule has 0 saturated carbocycles. The van der Waals surface area contributed by atoms with E-state index in [0.29, 0.717) is 17.2 Å². The number of pyridine rings is 1. The van der Waals surface area contributed by atoms with Crippen LogP contribution in [0.5, 0.6) is 11.5 Å². The third-order valence-corrected chi connectivity index (χ3v) is 2.84. The van der Waals surface area contributed by atoms with Gasteiger partial charge in [0.1, 0.15) is 11.5 Å². The highest BCUT2D eigenvalue weighted by Gasteiger charge is 2.09. The van der Waals surface area contributed by atoms with Crippen molar-refractivity contribution in [3.05, 3.63) is 42.1 Å². The average molecular weight is 243 g/mol. The molecule has 18 heavy (non-hydrogen) atoms. The van der Waals surface area contributed by atoms with Crippen LogP contribution in [0.15, 0.2) is 36.4 Å². The van der Waals surface area contributed by atoms with Crippen LogP contribution < -0.4 is 4.74 Å². The fourth-order valence-electron chi connectivity index (χ4n) is 1.77. The van der Waals surface area contributed by atoms with Crippen molar-refractivity contribution in [3.8, 4) is 22.8 Å². The molecule has 1 aromatic heterocycles. The normalized spacial score (nSPS) is 10.7. The van der Waals surface area contributed by atoms with Gasteiger partial charge in [-0.25, -0.2) is 0 Å². The zero-order valence-corrected chi connectivity index (χ0v) is 10.8. The predicted octanol–water partition coefficient (Wildman–Crippen LogP) is 3.59. The smallest absolute Gasteiger partial charge is 0.125 e. The van der Waals surface area contributed by atoms with E-state index in [1.165, 1.54) is 0 Å². The number of benzene rings is 1. The molecule has 0 amide bonds. The van der Waals surface area contributed by atoms with Gasteiger partial charge in [-0.05, 0) is 36.2 Å². The highest BCUT2D eigenvalue weighted by Crippen LogP contribution is 2.31. The van der Waals surface area contributed by atoms with Crippen LogP contribution in [0.2, 0.25) is 0 Å². The molecule has 0 aliphatic carbocycles. The molecule has 94 valence electrons. The number of aromatic hydroxyl groups is 1. The summed E-state index contributed by atoms with van der Waals surface area (Å²) < 4.78 is 5.17. The summed E-state index contributed by atoms with van der Waals surface area (Å²) in [5.74, 6) is 1.28. The van der Waals surface area contributed by atoms with Crippen LogP contribution in [0.4, 0.5) is 0 Å². The topological polar surface area (TPSA) is 42.4 Å². The fourth-order valence-corrected chi connectivity index (χ4v) is 1.77. The quantitative estimate of drug-likeness (QED) is 0.895. The van der Waals surface area contributed by atoms with E-state index in [-0.39, 0.29) is 5.75 Å². The van der Waals surface area contributed by atoms with Crippen molar-refractivity contribution in [1.29, 1.82) is 0 Å². The Balaban J connectivity index is 2.50. The number of hydrogen-bond donors (Lipinski definition) is 1. The molecule has 2 rings (SSSR count). The maximum atomic E-state index is 9.92. The Kier molecular flexibility index (Phi) is 3.51. The van der Waals surface area contributed by atoms with Gasteiger partial charge < -0.3 is 9.84 Å². The van der Waals surface area contributed by atoms with Crippen molar-refractivity contribution < 1.29 is 9.84 Å². The number of ether oxygens (including phenoxy) is 1. The van der Waals surface area contributed by atoms with Crippen molar-refractivity contribution in [1.82, 2.24) is 4.98 Å². The summed E-state index contributed by atoms with van der Waals surface area (Å²) in [6, 6.07) is 11.0. The Bertz CT molecular complexity index is 550. The molecule has 1 aromatic carbocycles. The molecular formula is C15H17NO2. The number of aromatic nitrogens is 1. The lowest BCUT2D eigenvalue weighted by Crippen LogP contribution is -1.94. The highest BCUT2D eigenvalue weighted by atomic mass is 16.5. The van der Waals surface area contributed by atoms with E-state index in [1.807, 2.05) is 18.2 Å². The molecule has 0 radical (unpaired) electrons. The van der Waals surface area contributed by atoms with Crippen molar-refractivity contribution in [3.63, 3.8) is 0 Å². The summed E-state index contributed by atoms with van der Waals surface area (Å²) in [6.07, 6.45) is 0. The molecule has 0 aliphatic heterocycles. The minimum atomic E-state index is 0.212. The maximum Gasteiger partial charge on any atom is 0.125 e. The molecule has 0 fully saturated rings. The third kappa shape index (κ3) is 2.45. The second-order valence-electron chi connectivity index (χ2n) is 4.49. The summed E-state index contributed by atoms with van der Waals surface area (Å²) in [6.45, 7) is 4.19. The van der Waals surface area contributed by atoms with E-state index in [4.69, 9.17) is 4.74 Å². The van der Waals surface area contributed by atoms with E-state index in [9.17, 15) is 5.11 Å². The van der Waals surface area contributed by atoms with Crippen LogP contribution in [0, 0.1) is 0 Å². The Morgan fingerprint density at radius 1 is 1.17 bits per heavy atom. The lowest BCUT2D eigenvalue weighted by Gasteiger charge is -2.09. The van der Waals surface area contributed by atoms with Gasteiger partial charge in [-0.15, -0.1) is 0 Å². The largest absolute Gasteiger partial charge is 0.507 e. The van der Waals surface area contributed by atoms with Crippen molar-refractivity contribution in [2.24, 2.45) is 0 Å². The maximum absolute atomic E-state index is 9.92. The minimum Gasteiger partial charge on any atom is -0.507 e. The summed E-state index contributed by atoms with van der Waals surface area (Å²) in [5.41, 5.74) is 2.46. The second kappa shape index (κ2) is 5.08. The van der Waals surface area contributed by atoms with E-state index in [1.54, 1.807) is 25.3 Å². The molecule has 0 saturated heterocycles. The monoisotopic (exact) mass is 243 g/mol. The van der Waals surface area contributed by atoms with Crippen molar-refractivity contribution in [2.45, 2.75) is 19.8 Å². The van der Waals surface area contributed by atoms with Gasteiger partial charge in [0.25, 0.3) is 0 Å². The zero-order chi connectivity index (χ0) is 13.1. The van der Waals surface area contributed by atoms with E-state index in [0.717, 1.165) is 11.4 Å². The first kappa shape index (κ1) is 12.4. The first-order valence-corrected chi connectivity index (χ1v) is 5.96. The van der Waals surface area contributed by atoms with Crippen molar-refractivity contribution >= 4 is 0 Å². The number of nitrogens with zero attached hydrogens (tertiary/aromatic N) is 1. The molecule has 3 heteroatoms. The van der Waals surface area contributed by atoms with Gasteiger partial charge in [0, 0.05) is 11.3 Å². The molecule has 3 nitrogen and oxygen atoms in total. The molecule has 0 aliphatic rings. The molecule has 2 aromatic rings. The van der Waals surface area contributed by atoms with Crippen LogP contribution in [0.1, 0.15) is 25.5 Å². The lowest BCUT2D eigenvalue weighted by molar-refractivity contribution is 0.412. The van der Waals surface area contributed by atoms with Crippen LogP contribution in [0.25, 0.3) is 11.3 Å². The van der Waals surface area contributed by atoms with Gasteiger partial charge >= 0.3 is 0 Å². The Morgan fingerprint density at radius 2 is 1.94 bits per heavy atom. The molecule has 1 N–H and O–H groups in total. The van der Waals surface area contributed by atoms with Crippen LogP contribution >= 0.6 is 0 Å². The molecule has 0 atom stereocenters. The SMILES string of the molecule is COc1ccc(O)c(-c2cccc(C(C)C)n2)c1. The zero-order valence-electron chi connectivity index (χ0n) is 10.8. The summed E-state index contributed by atoms with van der Waals surface area (Å²) in [7, 11) is 1.61. The van der Waals surface area contributed by atoms with E-state index < -0.39 is 0 Å². The molecule has 0 spiro atoms. The van der Waals surface area contributed by atoms with Gasteiger partial charge in [0.05, 0.1) is 12.8 Å². The molecule has 0 unspecified atom stereocenters. The first-order valence-electron chi connectivity index (χ1n) is 5.96. The highest BCUT2D eigenvalue weighted by molar-refractivity contribution is 5.68. The second-order valence-corrected chi connectivity index (χ2v) is 4.49. The predicted molar refractivity (Wildman–Crippen MR) is 72.0 cm³/mol. The van der Waals surface area contributed by atoms with Gasteiger partial charge in [-0.2, -0.15) is 0 Å². The van der Waals surface area contributed by atoms with Gasteiger partial charge in [0.15, 0.2) is 0 Å². The van der Waals surface area contributed by atoms with Crippen molar-refractivity contribution in [2.75, 3.05) is 7.11 Å². The average Bonchev–Trinajstić information content (AvgIpc) is 2.39. The minimum absolute atomic E-state index is 0.212. The summed E-state index contributed by atoms with van der Waals surface area (Å²) in [4.78, 5) is 4.56. The Morgan fingerprint density at radius 3 is 2.61 bits per heavy atom. The number of hydrogen-bond acceptors (Lipinski definition) is 3. The summed E-state index contributed by atoms with van der Waals surface area (Å²) >= 11 is 0. The van der Waals surface area contributed by atoms with Crippen LogP contribution in [-0.2, 0) is 0 Å². The standard InChI is InChI=1S/C15H17NO2/c1-10(2)13-5-4-6-14(16-13)12-9-11(18-3)7-8-15(12)17/h4-10,17H,1-3H3. The van der Waals surface area contributed by atoms with E-state index >= 15 is 0 Å². The van der Waals surface area contributed by atoms with Crippen LogP contribution in [0.3, 0.4) is 0 Å². The number of phenols is 1. The third-order valence-electron chi connectivity index (χ3n) is 2.84. The first-order chi connectivity index (χ1) is 8.61. The Labute approximate surface area is 107 Å². The number of methoxy groups -OCH3 is 1. The number of phenolic OH excluding ortho intramolecular Hbond substituents is 1. The van der Waals surface area contributed by atoms with Crippen LogP contribution in [-0.4, -0.2) is 17.2 Å².